The monoisotopic (exact) mass is 375 g/mol. The lowest BCUT2D eigenvalue weighted by Gasteiger charge is -2.20. The number of rotatable bonds is 13. The number of aldehydes is 1. The molecular weight excluding hydrogens is 342 g/mol. The third kappa shape index (κ3) is 8.67. The van der Waals surface area contributed by atoms with E-state index in [0.29, 0.717) is 38.5 Å². The van der Waals surface area contributed by atoms with Crippen LogP contribution in [0.2, 0.25) is 0 Å². The van der Waals surface area contributed by atoms with Gasteiger partial charge in [-0.25, -0.2) is 0 Å². The maximum absolute atomic E-state index is 12.0. The van der Waals surface area contributed by atoms with Gasteiger partial charge >= 0.3 is 5.97 Å². The first kappa shape index (κ1) is 21.6. The summed E-state index contributed by atoms with van der Waals surface area (Å²) >= 11 is 0. The van der Waals surface area contributed by atoms with Gasteiger partial charge < -0.3 is 14.3 Å². The van der Waals surface area contributed by atoms with Crippen molar-refractivity contribution in [1.82, 2.24) is 4.90 Å². The van der Waals surface area contributed by atoms with Crippen molar-refractivity contribution < 1.29 is 19.1 Å². The number of benzene rings is 1. The summed E-state index contributed by atoms with van der Waals surface area (Å²) in [6.07, 6.45) is 6.80. The highest BCUT2D eigenvalue weighted by Crippen LogP contribution is 2.21. The number of unbranched alkanes of at least 4 members (excludes halogenated alkanes) is 3. The number of carbonyl (C=O) groups is 2. The highest BCUT2D eigenvalue weighted by Gasteiger charge is 2.30. The molecule has 1 aromatic rings. The zero-order valence-corrected chi connectivity index (χ0v) is 16.5. The van der Waals surface area contributed by atoms with E-state index in [9.17, 15) is 9.59 Å². The third-order valence-corrected chi connectivity index (χ3v) is 5.01. The zero-order valence-electron chi connectivity index (χ0n) is 16.5. The van der Waals surface area contributed by atoms with Gasteiger partial charge in [-0.2, -0.15) is 0 Å². The van der Waals surface area contributed by atoms with Gasteiger partial charge in [-0.1, -0.05) is 36.8 Å². The number of ether oxygens (including phenoxy) is 2. The molecule has 27 heavy (non-hydrogen) atoms. The molecule has 150 valence electrons. The highest BCUT2D eigenvalue weighted by molar-refractivity contribution is 5.69. The van der Waals surface area contributed by atoms with Crippen LogP contribution < -0.4 is 0 Å². The van der Waals surface area contributed by atoms with Crippen LogP contribution in [0.1, 0.15) is 57.4 Å². The Bertz CT molecular complexity index is 549. The molecular formula is C22H33NO4. The number of likely N-dealkylation sites (tertiary alicyclic amines) is 1. The summed E-state index contributed by atoms with van der Waals surface area (Å²) in [6, 6.07) is 10.5. The van der Waals surface area contributed by atoms with Crippen molar-refractivity contribution in [2.24, 2.45) is 0 Å². The second kappa shape index (κ2) is 12.6. The number of hydrogen-bond acceptors (Lipinski definition) is 5. The first-order chi connectivity index (χ1) is 13.2. The normalized spacial score (nSPS) is 19.9. The molecule has 0 amide bonds. The maximum Gasteiger partial charge on any atom is 0.306 e. The van der Waals surface area contributed by atoms with Crippen molar-refractivity contribution in [3.05, 3.63) is 35.9 Å². The van der Waals surface area contributed by atoms with E-state index in [1.807, 2.05) is 30.3 Å². The first-order valence-electron chi connectivity index (χ1n) is 10.2. The van der Waals surface area contributed by atoms with Gasteiger partial charge in [0.25, 0.3) is 0 Å². The molecule has 0 saturated carbocycles. The number of nitrogens with zero attached hydrogens (tertiary/aromatic N) is 1. The first-order valence-corrected chi connectivity index (χ1v) is 10.2. The van der Waals surface area contributed by atoms with Gasteiger partial charge in [-0.15, -0.1) is 0 Å². The van der Waals surface area contributed by atoms with Crippen LogP contribution in [0.5, 0.6) is 0 Å². The Labute approximate surface area is 163 Å². The SMILES string of the molecule is CC1CC(OC(=O)CCCOCc2ccccc2)CN1CCCCCC=O. The largest absolute Gasteiger partial charge is 0.461 e. The molecule has 1 aromatic carbocycles. The van der Waals surface area contributed by atoms with E-state index < -0.39 is 0 Å². The smallest absolute Gasteiger partial charge is 0.306 e. The molecule has 0 aliphatic carbocycles. The molecule has 0 spiro atoms. The minimum Gasteiger partial charge on any atom is -0.461 e. The Morgan fingerprint density at radius 1 is 1.19 bits per heavy atom. The molecule has 1 fully saturated rings. The minimum absolute atomic E-state index is 0.00714. The summed E-state index contributed by atoms with van der Waals surface area (Å²) in [5.74, 6) is -0.122. The Hall–Kier alpha value is -1.72. The van der Waals surface area contributed by atoms with Gasteiger partial charge in [0.2, 0.25) is 0 Å². The Kier molecular flexibility index (Phi) is 10.1. The van der Waals surface area contributed by atoms with Crippen LogP contribution in [-0.4, -0.2) is 49.0 Å². The van der Waals surface area contributed by atoms with Crippen LogP contribution in [0.25, 0.3) is 0 Å². The molecule has 5 nitrogen and oxygen atoms in total. The maximum atomic E-state index is 12.0. The fourth-order valence-electron chi connectivity index (χ4n) is 3.49. The van der Waals surface area contributed by atoms with Crippen LogP contribution in [0.15, 0.2) is 30.3 Å². The molecule has 0 aromatic heterocycles. The van der Waals surface area contributed by atoms with E-state index in [2.05, 4.69) is 11.8 Å². The van der Waals surface area contributed by atoms with Gasteiger partial charge in [0.15, 0.2) is 0 Å². The average molecular weight is 376 g/mol. The summed E-state index contributed by atoms with van der Waals surface area (Å²) in [5.41, 5.74) is 1.14. The van der Waals surface area contributed by atoms with Crippen LogP contribution in [-0.2, 0) is 25.7 Å². The van der Waals surface area contributed by atoms with Gasteiger partial charge in [-0.3, -0.25) is 9.69 Å². The molecule has 0 radical (unpaired) electrons. The van der Waals surface area contributed by atoms with E-state index >= 15 is 0 Å². The zero-order chi connectivity index (χ0) is 19.3. The van der Waals surface area contributed by atoms with Crippen molar-refractivity contribution in [1.29, 1.82) is 0 Å². The summed E-state index contributed by atoms with van der Waals surface area (Å²) < 4.78 is 11.2. The lowest BCUT2D eigenvalue weighted by atomic mass is 10.2. The fourth-order valence-corrected chi connectivity index (χ4v) is 3.49. The molecule has 2 rings (SSSR count). The standard InChI is InChI=1S/C22H33NO4/c1-19-16-21(17-23(19)13-7-2-3-8-14-24)27-22(25)12-9-15-26-18-20-10-5-4-6-11-20/h4-6,10-11,14,19,21H,2-3,7-9,12-13,15-18H2,1H3. The topological polar surface area (TPSA) is 55.8 Å². The summed E-state index contributed by atoms with van der Waals surface area (Å²) in [7, 11) is 0. The van der Waals surface area contributed by atoms with E-state index in [4.69, 9.17) is 9.47 Å². The van der Waals surface area contributed by atoms with Gasteiger partial charge in [-0.05, 0) is 38.3 Å². The quantitative estimate of drug-likeness (QED) is 0.299. The molecule has 2 unspecified atom stereocenters. The fraction of sp³-hybridized carbons (Fsp3) is 0.636. The molecule has 1 aliphatic rings. The van der Waals surface area contributed by atoms with Crippen molar-refractivity contribution in [3.8, 4) is 0 Å². The molecule has 2 atom stereocenters. The Morgan fingerprint density at radius 2 is 2.00 bits per heavy atom. The van der Waals surface area contributed by atoms with Crippen molar-refractivity contribution in [2.75, 3.05) is 19.7 Å². The van der Waals surface area contributed by atoms with Gasteiger partial charge in [0.1, 0.15) is 12.4 Å². The van der Waals surface area contributed by atoms with Crippen molar-refractivity contribution in [2.45, 2.75) is 70.6 Å². The van der Waals surface area contributed by atoms with Crippen LogP contribution >= 0.6 is 0 Å². The van der Waals surface area contributed by atoms with Crippen molar-refractivity contribution >= 4 is 12.3 Å². The molecule has 1 aliphatic heterocycles. The number of esters is 1. The van der Waals surface area contributed by atoms with Crippen LogP contribution in [0.4, 0.5) is 0 Å². The number of hydrogen-bond donors (Lipinski definition) is 0. The van der Waals surface area contributed by atoms with Gasteiger partial charge in [0.05, 0.1) is 6.61 Å². The molecule has 0 N–H and O–H groups in total. The van der Waals surface area contributed by atoms with E-state index in [1.165, 1.54) is 0 Å². The Morgan fingerprint density at radius 3 is 2.78 bits per heavy atom. The molecule has 0 bridgehead atoms. The molecule has 1 heterocycles. The predicted molar refractivity (Wildman–Crippen MR) is 105 cm³/mol. The van der Waals surface area contributed by atoms with Crippen molar-refractivity contribution in [3.63, 3.8) is 0 Å². The minimum atomic E-state index is -0.122. The lowest BCUT2D eigenvalue weighted by molar-refractivity contribution is -0.148. The summed E-state index contributed by atoms with van der Waals surface area (Å²) in [4.78, 5) is 24.8. The molecule has 1 saturated heterocycles. The van der Waals surface area contributed by atoms with E-state index in [1.54, 1.807) is 0 Å². The summed E-state index contributed by atoms with van der Waals surface area (Å²) in [6.45, 7) is 5.18. The van der Waals surface area contributed by atoms with Crippen LogP contribution in [0.3, 0.4) is 0 Å². The summed E-state index contributed by atoms with van der Waals surface area (Å²) in [5, 5.41) is 0. The van der Waals surface area contributed by atoms with Gasteiger partial charge in [0, 0.05) is 38.5 Å². The van der Waals surface area contributed by atoms with E-state index in [-0.39, 0.29) is 12.1 Å². The van der Waals surface area contributed by atoms with Crippen LogP contribution in [0, 0.1) is 0 Å². The average Bonchev–Trinajstić information content (AvgIpc) is 3.01. The predicted octanol–water partition coefficient (Wildman–Crippen LogP) is 3.75. The second-order valence-electron chi connectivity index (χ2n) is 7.35. The van der Waals surface area contributed by atoms with E-state index in [0.717, 1.165) is 50.6 Å². The third-order valence-electron chi connectivity index (χ3n) is 5.01. The number of carbonyl (C=O) groups excluding carboxylic acids is 2. The molecule has 5 heteroatoms. The second-order valence-corrected chi connectivity index (χ2v) is 7.35. The lowest BCUT2D eigenvalue weighted by Crippen LogP contribution is -2.29. The highest BCUT2D eigenvalue weighted by atomic mass is 16.5. The Balaban J connectivity index is 1.53.